The molecule has 0 saturated heterocycles. The van der Waals surface area contributed by atoms with Gasteiger partial charge >= 0.3 is 0 Å². The molecule has 2 aromatic carbocycles. The smallest absolute Gasteiger partial charge is 0.232 e. The molecule has 0 atom stereocenters. The highest BCUT2D eigenvalue weighted by Gasteiger charge is 2.16. The first-order valence-corrected chi connectivity index (χ1v) is 11.6. The summed E-state index contributed by atoms with van der Waals surface area (Å²) in [6, 6.07) is 18.2. The van der Waals surface area contributed by atoms with Gasteiger partial charge in [0.15, 0.2) is 0 Å². The van der Waals surface area contributed by atoms with E-state index in [0.717, 1.165) is 16.6 Å². The second-order valence-corrected chi connectivity index (χ2v) is 9.18. The molecule has 0 spiro atoms. The summed E-state index contributed by atoms with van der Waals surface area (Å²) < 4.78 is 25.3. The number of benzene rings is 2. The zero-order valence-corrected chi connectivity index (χ0v) is 18.3. The molecule has 4 rings (SSSR count). The highest BCUT2D eigenvalue weighted by Crippen LogP contribution is 2.26. The highest BCUT2D eigenvalue weighted by molar-refractivity contribution is 7.92. The Morgan fingerprint density at radius 3 is 2.56 bits per heavy atom. The standard InChI is InChI=1S/C22H21N7O2S/c1-29(32(2,30)31)19-6-4-3-5-16(19)14-25-21-18-11-12-24-20(18)27-22(28-21)26-17-9-7-15(13-23)8-10-17/h3-12H,14H2,1-2H3,(H3,24,25,26,27,28). The minimum atomic E-state index is -3.39. The molecule has 0 amide bonds. The Balaban J connectivity index is 1.61. The summed E-state index contributed by atoms with van der Waals surface area (Å²) in [4.78, 5) is 12.2. The number of hydrogen-bond donors (Lipinski definition) is 3. The van der Waals surface area contributed by atoms with Crippen LogP contribution in [0.2, 0.25) is 0 Å². The predicted octanol–water partition coefficient (Wildman–Crippen LogP) is 3.58. The zero-order chi connectivity index (χ0) is 22.7. The number of sulfonamides is 1. The molecule has 162 valence electrons. The van der Waals surface area contributed by atoms with Crippen LogP contribution in [0, 0.1) is 11.3 Å². The Bertz CT molecular complexity index is 1410. The Labute approximate surface area is 185 Å². The summed E-state index contributed by atoms with van der Waals surface area (Å²) in [7, 11) is -1.86. The minimum Gasteiger partial charge on any atom is -0.365 e. The molecule has 2 heterocycles. The van der Waals surface area contributed by atoms with Gasteiger partial charge in [-0.2, -0.15) is 15.2 Å². The van der Waals surface area contributed by atoms with E-state index in [0.29, 0.717) is 35.2 Å². The highest BCUT2D eigenvalue weighted by atomic mass is 32.2. The van der Waals surface area contributed by atoms with Crippen molar-refractivity contribution in [2.45, 2.75) is 6.54 Å². The van der Waals surface area contributed by atoms with Crippen molar-refractivity contribution in [1.82, 2.24) is 15.0 Å². The maximum atomic E-state index is 12.0. The molecule has 0 unspecified atom stereocenters. The quantitative estimate of drug-likeness (QED) is 0.395. The number of fused-ring (bicyclic) bond motifs is 1. The van der Waals surface area contributed by atoms with Gasteiger partial charge in [0, 0.05) is 25.5 Å². The molecule has 0 bridgehead atoms. The van der Waals surface area contributed by atoms with Crippen LogP contribution in [0.3, 0.4) is 0 Å². The van der Waals surface area contributed by atoms with E-state index in [-0.39, 0.29) is 0 Å². The fraction of sp³-hybridized carbons (Fsp3) is 0.136. The van der Waals surface area contributed by atoms with Crippen molar-refractivity contribution in [2.75, 3.05) is 28.2 Å². The van der Waals surface area contributed by atoms with E-state index < -0.39 is 10.0 Å². The van der Waals surface area contributed by atoms with E-state index in [9.17, 15) is 8.42 Å². The van der Waals surface area contributed by atoms with Crippen LogP contribution in [0.4, 0.5) is 23.1 Å². The summed E-state index contributed by atoms with van der Waals surface area (Å²) in [6.07, 6.45) is 2.95. The molecule has 9 nitrogen and oxygen atoms in total. The molecule has 10 heteroatoms. The second-order valence-electron chi connectivity index (χ2n) is 7.16. The van der Waals surface area contributed by atoms with Crippen molar-refractivity contribution in [2.24, 2.45) is 0 Å². The van der Waals surface area contributed by atoms with E-state index in [1.54, 1.807) is 42.6 Å². The molecule has 0 radical (unpaired) electrons. The number of anilines is 4. The number of aromatic nitrogens is 3. The van der Waals surface area contributed by atoms with E-state index >= 15 is 0 Å². The van der Waals surface area contributed by atoms with E-state index in [4.69, 9.17) is 5.26 Å². The van der Waals surface area contributed by atoms with Crippen LogP contribution < -0.4 is 14.9 Å². The van der Waals surface area contributed by atoms with Gasteiger partial charge in [0.05, 0.1) is 29.0 Å². The van der Waals surface area contributed by atoms with Gasteiger partial charge in [0.25, 0.3) is 0 Å². The normalized spacial score (nSPS) is 11.2. The number of H-pyrrole nitrogens is 1. The maximum absolute atomic E-state index is 12.0. The van der Waals surface area contributed by atoms with E-state index in [1.165, 1.54) is 17.6 Å². The van der Waals surface area contributed by atoms with Crippen molar-refractivity contribution in [3.8, 4) is 6.07 Å². The number of para-hydroxylation sites is 1. The number of nitrogens with zero attached hydrogens (tertiary/aromatic N) is 4. The second kappa shape index (κ2) is 8.56. The molecule has 0 aliphatic heterocycles. The van der Waals surface area contributed by atoms with Crippen LogP contribution in [-0.4, -0.2) is 36.7 Å². The van der Waals surface area contributed by atoms with Gasteiger partial charge in [-0.1, -0.05) is 18.2 Å². The third kappa shape index (κ3) is 4.48. The Hall–Kier alpha value is -4.10. The van der Waals surface area contributed by atoms with Crippen molar-refractivity contribution in [3.63, 3.8) is 0 Å². The van der Waals surface area contributed by atoms with Gasteiger partial charge in [-0.15, -0.1) is 0 Å². The van der Waals surface area contributed by atoms with Gasteiger partial charge in [-0.25, -0.2) is 8.42 Å². The Morgan fingerprint density at radius 2 is 1.84 bits per heavy atom. The van der Waals surface area contributed by atoms with Crippen LogP contribution in [0.15, 0.2) is 60.8 Å². The van der Waals surface area contributed by atoms with Crippen LogP contribution in [0.25, 0.3) is 11.0 Å². The van der Waals surface area contributed by atoms with Gasteiger partial charge in [0.1, 0.15) is 11.5 Å². The largest absolute Gasteiger partial charge is 0.365 e. The van der Waals surface area contributed by atoms with Crippen molar-refractivity contribution >= 4 is 44.2 Å². The van der Waals surface area contributed by atoms with E-state index in [2.05, 4.69) is 31.7 Å². The van der Waals surface area contributed by atoms with Crippen LogP contribution >= 0.6 is 0 Å². The number of nitrogens with one attached hydrogen (secondary N) is 3. The fourth-order valence-corrected chi connectivity index (χ4v) is 3.75. The molecular weight excluding hydrogens is 426 g/mol. The summed E-state index contributed by atoms with van der Waals surface area (Å²) in [5.41, 5.74) is 3.37. The number of hydrogen-bond acceptors (Lipinski definition) is 7. The lowest BCUT2D eigenvalue weighted by molar-refractivity contribution is 0.600. The van der Waals surface area contributed by atoms with E-state index in [1.807, 2.05) is 18.2 Å². The molecule has 2 aromatic heterocycles. The summed E-state index contributed by atoms with van der Waals surface area (Å²) in [5, 5.41) is 16.2. The SMILES string of the molecule is CN(c1ccccc1CNc1nc(Nc2ccc(C#N)cc2)nc2[nH]ccc12)S(C)(=O)=O. The first kappa shape index (κ1) is 21.1. The number of rotatable bonds is 7. The lowest BCUT2D eigenvalue weighted by Crippen LogP contribution is -2.26. The molecule has 0 saturated carbocycles. The number of aromatic amines is 1. The summed E-state index contributed by atoms with van der Waals surface area (Å²) in [6.45, 7) is 0.365. The molecule has 0 aliphatic carbocycles. The monoisotopic (exact) mass is 447 g/mol. The van der Waals surface area contributed by atoms with Crippen LogP contribution in [0.1, 0.15) is 11.1 Å². The average molecular weight is 448 g/mol. The van der Waals surface area contributed by atoms with Crippen LogP contribution in [-0.2, 0) is 16.6 Å². The first-order valence-electron chi connectivity index (χ1n) is 9.73. The Kier molecular flexibility index (Phi) is 5.66. The predicted molar refractivity (Wildman–Crippen MR) is 125 cm³/mol. The topological polar surface area (TPSA) is 127 Å². The molecule has 3 N–H and O–H groups in total. The van der Waals surface area contributed by atoms with Gasteiger partial charge in [-0.05, 0) is 42.0 Å². The number of nitriles is 1. The van der Waals surface area contributed by atoms with Crippen molar-refractivity contribution < 1.29 is 8.42 Å². The first-order chi connectivity index (χ1) is 15.3. The van der Waals surface area contributed by atoms with Gasteiger partial charge in [-0.3, -0.25) is 4.31 Å². The Morgan fingerprint density at radius 1 is 1.09 bits per heavy atom. The maximum Gasteiger partial charge on any atom is 0.232 e. The molecule has 0 fully saturated rings. The summed E-state index contributed by atoms with van der Waals surface area (Å²) >= 11 is 0. The minimum absolute atomic E-state index is 0.365. The van der Waals surface area contributed by atoms with Crippen molar-refractivity contribution in [1.29, 1.82) is 5.26 Å². The van der Waals surface area contributed by atoms with Crippen molar-refractivity contribution in [3.05, 3.63) is 71.9 Å². The molecule has 4 aromatic rings. The average Bonchev–Trinajstić information content (AvgIpc) is 3.26. The van der Waals surface area contributed by atoms with Gasteiger partial charge in [0.2, 0.25) is 16.0 Å². The summed E-state index contributed by atoms with van der Waals surface area (Å²) in [5.74, 6) is 0.984. The zero-order valence-electron chi connectivity index (χ0n) is 17.5. The fourth-order valence-electron chi connectivity index (χ4n) is 3.21. The molecular formula is C22H21N7O2S. The lowest BCUT2D eigenvalue weighted by Gasteiger charge is -2.20. The third-order valence-electron chi connectivity index (χ3n) is 4.96. The van der Waals surface area contributed by atoms with Crippen LogP contribution in [0.5, 0.6) is 0 Å². The lowest BCUT2D eigenvalue weighted by atomic mass is 10.1. The van der Waals surface area contributed by atoms with Gasteiger partial charge < -0.3 is 15.6 Å². The molecule has 32 heavy (non-hydrogen) atoms. The molecule has 0 aliphatic rings. The third-order valence-corrected chi connectivity index (χ3v) is 6.15.